The van der Waals surface area contributed by atoms with E-state index in [-0.39, 0.29) is 22.4 Å². The molecule has 6 nitrogen and oxygen atoms in total. The van der Waals surface area contributed by atoms with E-state index in [1.165, 1.54) is 51.4 Å². The smallest absolute Gasteiger partial charge is 0.147 e. The van der Waals surface area contributed by atoms with Crippen LogP contribution in [0.2, 0.25) is 0 Å². The Morgan fingerprint density at radius 2 is 0.956 bits per heavy atom. The van der Waals surface area contributed by atoms with Gasteiger partial charge in [-0.15, -0.1) is 0 Å². The molecule has 0 aromatic heterocycles. The van der Waals surface area contributed by atoms with E-state index in [2.05, 4.69) is 69.2 Å². The molecule has 2 saturated carbocycles. The number of hydrogen-bond donors (Lipinski definition) is 0. The van der Waals surface area contributed by atoms with Crippen LogP contribution in [0, 0.1) is 29.1 Å². The van der Waals surface area contributed by atoms with Crippen molar-refractivity contribution in [2.45, 2.75) is 182 Å². The zero-order valence-corrected chi connectivity index (χ0v) is 31.6. The van der Waals surface area contributed by atoms with E-state index < -0.39 is 0 Å². The van der Waals surface area contributed by atoms with Gasteiger partial charge in [-0.2, -0.15) is 0 Å². The average molecular weight is 639 g/mol. The molecule has 1 atom stereocenters. The van der Waals surface area contributed by atoms with Crippen LogP contribution in [-0.2, 0) is 28.4 Å². The SMILES string of the molecule is CCOCOC(C)(C)CCCOC(C)(C)C1CCC(C(C)(C)C2CCC(C(C)(C)OCCCC(C)(C)OCC3CO3)CC2)CC1. The molecule has 1 aliphatic heterocycles. The van der Waals surface area contributed by atoms with Gasteiger partial charge in [0.1, 0.15) is 12.9 Å². The summed E-state index contributed by atoms with van der Waals surface area (Å²) in [6.45, 7) is 29.4. The van der Waals surface area contributed by atoms with Crippen molar-refractivity contribution in [2.75, 3.05) is 39.8 Å². The minimum atomic E-state index is -0.174. The molecule has 0 N–H and O–H groups in total. The molecule has 266 valence electrons. The first kappa shape index (κ1) is 39.2. The van der Waals surface area contributed by atoms with Gasteiger partial charge in [-0.05, 0) is 168 Å². The third-order valence-corrected chi connectivity index (χ3v) is 12.1. The molecule has 0 radical (unpaired) electrons. The second-order valence-corrected chi connectivity index (χ2v) is 17.6. The molecule has 1 heterocycles. The Hall–Kier alpha value is -0.240. The predicted molar refractivity (Wildman–Crippen MR) is 185 cm³/mol. The monoisotopic (exact) mass is 639 g/mol. The van der Waals surface area contributed by atoms with Crippen molar-refractivity contribution in [3.8, 4) is 0 Å². The molecule has 3 fully saturated rings. The van der Waals surface area contributed by atoms with Crippen molar-refractivity contribution in [1.29, 1.82) is 0 Å². The molecule has 6 heteroatoms. The van der Waals surface area contributed by atoms with Crippen molar-refractivity contribution in [1.82, 2.24) is 0 Å². The van der Waals surface area contributed by atoms with Crippen LogP contribution in [0.1, 0.15) is 153 Å². The molecule has 0 aromatic carbocycles. The second-order valence-electron chi connectivity index (χ2n) is 17.6. The summed E-state index contributed by atoms with van der Waals surface area (Å²) in [5, 5.41) is 0. The topological polar surface area (TPSA) is 58.7 Å². The lowest BCUT2D eigenvalue weighted by atomic mass is 9.57. The van der Waals surface area contributed by atoms with Gasteiger partial charge in [-0.25, -0.2) is 0 Å². The van der Waals surface area contributed by atoms with Gasteiger partial charge >= 0.3 is 0 Å². The van der Waals surface area contributed by atoms with Gasteiger partial charge in [0.05, 0.1) is 35.6 Å². The summed E-state index contributed by atoms with van der Waals surface area (Å²) in [4.78, 5) is 0. The van der Waals surface area contributed by atoms with Crippen LogP contribution in [0.5, 0.6) is 0 Å². The third kappa shape index (κ3) is 13.0. The van der Waals surface area contributed by atoms with Crippen molar-refractivity contribution in [2.24, 2.45) is 29.1 Å². The molecule has 3 rings (SSSR count). The summed E-state index contributed by atoms with van der Waals surface area (Å²) in [5.74, 6) is 2.92. The van der Waals surface area contributed by atoms with Gasteiger partial charge < -0.3 is 28.4 Å². The fraction of sp³-hybridized carbons (Fsp3) is 1.00. The van der Waals surface area contributed by atoms with E-state index in [0.29, 0.717) is 36.8 Å². The highest BCUT2D eigenvalue weighted by Gasteiger charge is 2.44. The number of rotatable bonds is 21. The summed E-state index contributed by atoms with van der Waals surface area (Å²) in [6, 6.07) is 0. The zero-order chi connectivity index (χ0) is 33.4. The van der Waals surface area contributed by atoms with E-state index in [9.17, 15) is 0 Å². The van der Waals surface area contributed by atoms with Gasteiger partial charge in [0.2, 0.25) is 0 Å². The fourth-order valence-corrected chi connectivity index (χ4v) is 8.21. The van der Waals surface area contributed by atoms with Crippen LogP contribution in [-0.4, -0.2) is 68.3 Å². The van der Waals surface area contributed by atoms with Crippen molar-refractivity contribution in [3.63, 3.8) is 0 Å². The van der Waals surface area contributed by atoms with Crippen LogP contribution >= 0.6 is 0 Å². The van der Waals surface area contributed by atoms with Gasteiger partial charge in [-0.3, -0.25) is 0 Å². The third-order valence-electron chi connectivity index (χ3n) is 12.1. The van der Waals surface area contributed by atoms with Crippen LogP contribution in [0.25, 0.3) is 0 Å². The summed E-state index contributed by atoms with van der Waals surface area (Å²) in [6.07, 6.45) is 14.9. The lowest BCUT2D eigenvalue weighted by Crippen LogP contribution is -2.43. The highest BCUT2D eigenvalue weighted by atomic mass is 16.7. The Bertz CT molecular complexity index is 828. The Labute approximate surface area is 278 Å². The van der Waals surface area contributed by atoms with Gasteiger partial charge in [0.25, 0.3) is 0 Å². The maximum absolute atomic E-state index is 6.55. The summed E-state index contributed by atoms with van der Waals surface area (Å²) < 4.78 is 35.7. The Kier molecular flexibility index (Phi) is 14.7. The van der Waals surface area contributed by atoms with Gasteiger partial charge in [0, 0.05) is 19.8 Å². The highest BCUT2D eigenvalue weighted by molar-refractivity contribution is 4.95. The molecule has 45 heavy (non-hydrogen) atoms. The number of epoxide rings is 1. The summed E-state index contributed by atoms with van der Waals surface area (Å²) in [5.41, 5.74) is -0.00800. The lowest BCUT2D eigenvalue weighted by molar-refractivity contribution is -0.133. The fourth-order valence-electron chi connectivity index (χ4n) is 8.21. The first-order chi connectivity index (χ1) is 21.0. The van der Waals surface area contributed by atoms with E-state index in [1.54, 1.807) is 0 Å². The standard InChI is InChI=1S/C39H74O6/c1-12-40-29-45-36(4,5)24-14-26-43-39(10,11)33-21-17-31(18-22-33)37(6,7)30-15-19-32(20-16-30)38(8,9)42-25-13-23-35(2,3)44-28-34-27-41-34/h30-34H,12-29H2,1-11H3. The lowest BCUT2D eigenvalue weighted by Gasteiger charge is -2.49. The van der Waals surface area contributed by atoms with Crippen molar-refractivity contribution in [3.05, 3.63) is 0 Å². The maximum Gasteiger partial charge on any atom is 0.147 e. The first-order valence-corrected chi connectivity index (χ1v) is 18.7. The molecule has 0 bridgehead atoms. The highest BCUT2D eigenvalue weighted by Crippen LogP contribution is 2.52. The van der Waals surface area contributed by atoms with Crippen LogP contribution in [0.4, 0.5) is 0 Å². The summed E-state index contributed by atoms with van der Waals surface area (Å²) >= 11 is 0. The van der Waals surface area contributed by atoms with E-state index in [1.807, 2.05) is 6.92 Å². The minimum absolute atomic E-state index is 0.0577. The van der Waals surface area contributed by atoms with E-state index >= 15 is 0 Å². The molecular formula is C39H74O6. The molecule has 3 aliphatic rings. The normalized spacial score (nSPS) is 27.1. The summed E-state index contributed by atoms with van der Waals surface area (Å²) in [7, 11) is 0. The zero-order valence-electron chi connectivity index (χ0n) is 31.6. The van der Waals surface area contributed by atoms with E-state index in [0.717, 1.165) is 63.9 Å². The van der Waals surface area contributed by atoms with Crippen LogP contribution in [0.15, 0.2) is 0 Å². The molecule has 1 unspecified atom stereocenters. The first-order valence-electron chi connectivity index (χ1n) is 18.7. The Balaban J connectivity index is 1.35. The van der Waals surface area contributed by atoms with E-state index in [4.69, 9.17) is 28.4 Å². The predicted octanol–water partition coefficient (Wildman–Crippen LogP) is 9.76. The largest absolute Gasteiger partial charge is 0.375 e. The molecule has 0 amide bonds. The molecule has 0 aromatic rings. The number of hydrogen-bond acceptors (Lipinski definition) is 6. The molecule has 2 aliphatic carbocycles. The van der Waals surface area contributed by atoms with Crippen LogP contribution < -0.4 is 0 Å². The molecular weight excluding hydrogens is 564 g/mol. The van der Waals surface area contributed by atoms with Crippen LogP contribution in [0.3, 0.4) is 0 Å². The quantitative estimate of drug-likeness (QED) is 0.0709. The minimum Gasteiger partial charge on any atom is -0.375 e. The Morgan fingerprint density at radius 1 is 0.556 bits per heavy atom. The van der Waals surface area contributed by atoms with Crippen molar-refractivity contribution >= 4 is 0 Å². The maximum atomic E-state index is 6.55. The molecule has 1 saturated heterocycles. The van der Waals surface area contributed by atoms with Gasteiger partial charge in [0.15, 0.2) is 0 Å². The van der Waals surface area contributed by atoms with Gasteiger partial charge in [-0.1, -0.05) is 13.8 Å². The molecule has 0 spiro atoms. The number of ether oxygens (including phenoxy) is 6. The van der Waals surface area contributed by atoms with Crippen molar-refractivity contribution < 1.29 is 28.4 Å². The second kappa shape index (κ2) is 16.9. The average Bonchev–Trinajstić information content (AvgIpc) is 3.82. The Morgan fingerprint density at radius 3 is 1.36 bits per heavy atom.